The molecule has 4 amide bonds. The fourth-order valence-corrected chi connectivity index (χ4v) is 3.47. The van der Waals surface area contributed by atoms with Crippen LogP contribution in [0.3, 0.4) is 0 Å². The van der Waals surface area contributed by atoms with E-state index in [2.05, 4.69) is 10.6 Å². The van der Waals surface area contributed by atoms with E-state index in [1.165, 1.54) is 6.26 Å². The highest BCUT2D eigenvalue weighted by atomic mass is 16.3. The van der Waals surface area contributed by atoms with Crippen LogP contribution < -0.4 is 10.6 Å². The van der Waals surface area contributed by atoms with Crippen LogP contribution in [0.2, 0.25) is 0 Å². The first-order chi connectivity index (χ1) is 14.0. The zero-order valence-electron chi connectivity index (χ0n) is 15.6. The molecule has 0 radical (unpaired) electrons. The molecule has 1 aromatic heterocycles. The topological polar surface area (TPSA) is 112 Å². The predicted octanol–water partition coefficient (Wildman–Crippen LogP) is 0.705. The molecule has 150 valence electrons. The van der Waals surface area contributed by atoms with Crippen molar-refractivity contribution in [3.8, 4) is 0 Å². The first-order valence-corrected chi connectivity index (χ1v) is 9.34. The Morgan fingerprint density at radius 2 is 1.72 bits per heavy atom. The van der Waals surface area contributed by atoms with Crippen LogP contribution in [0.5, 0.6) is 0 Å². The Balaban J connectivity index is 1.35. The zero-order valence-corrected chi connectivity index (χ0v) is 15.6. The minimum atomic E-state index is -0.954. The van der Waals surface area contributed by atoms with E-state index in [0.717, 1.165) is 0 Å². The van der Waals surface area contributed by atoms with E-state index in [1.54, 1.807) is 46.2 Å². The summed E-state index contributed by atoms with van der Waals surface area (Å²) in [5.74, 6) is -1.02. The molecule has 1 unspecified atom stereocenters. The Morgan fingerprint density at radius 3 is 2.45 bits per heavy atom. The molecule has 1 saturated heterocycles. The standard InChI is InChI=1S/C20H20N4O5/c25-17(23-7-9-24(10-8-23)20(28)16-6-3-11-29-16)12-15-19(27)21-14-5-2-1-4-13(14)18(26)22-15/h1-6,11,15H,7-10,12H2,(H,21,27)(H,22,26). The van der Waals surface area contributed by atoms with Crippen LogP contribution in [-0.4, -0.2) is 65.6 Å². The normalized spacial score (nSPS) is 19.1. The molecule has 9 nitrogen and oxygen atoms in total. The van der Waals surface area contributed by atoms with Gasteiger partial charge in [0.05, 0.1) is 23.9 Å². The van der Waals surface area contributed by atoms with E-state index < -0.39 is 17.9 Å². The number of hydrogen-bond donors (Lipinski definition) is 2. The quantitative estimate of drug-likeness (QED) is 0.793. The average Bonchev–Trinajstić information content (AvgIpc) is 3.24. The van der Waals surface area contributed by atoms with E-state index in [0.29, 0.717) is 37.4 Å². The van der Waals surface area contributed by atoms with Gasteiger partial charge in [0.25, 0.3) is 11.8 Å². The SMILES string of the molecule is O=C1NC(CC(=O)N2CCN(C(=O)c3ccco3)CC2)C(=O)Nc2ccccc21. The van der Waals surface area contributed by atoms with Crippen LogP contribution >= 0.6 is 0 Å². The van der Waals surface area contributed by atoms with Crippen LogP contribution in [0.15, 0.2) is 47.1 Å². The third kappa shape index (κ3) is 3.84. The van der Waals surface area contributed by atoms with Crippen molar-refractivity contribution in [1.82, 2.24) is 15.1 Å². The van der Waals surface area contributed by atoms with Crippen molar-refractivity contribution < 1.29 is 23.6 Å². The van der Waals surface area contributed by atoms with Crippen molar-refractivity contribution in [3.05, 3.63) is 54.0 Å². The van der Waals surface area contributed by atoms with Gasteiger partial charge in [0, 0.05) is 26.2 Å². The van der Waals surface area contributed by atoms with E-state index >= 15 is 0 Å². The second-order valence-electron chi connectivity index (χ2n) is 6.92. The van der Waals surface area contributed by atoms with Gasteiger partial charge in [0.15, 0.2) is 5.76 Å². The van der Waals surface area contributed by atoms with Crippen LogP contribution in [0.4, 0.5) is 5.69 Å². The summed E-state index contributed by atoms with van der Waals surface area (Å²) in [5, 5.41) is 5.32. The Kier molecular flexibility index (Phi) is 5.03. The number of fused-ring (bicyclic) bond motifs is 1. The number of nitrogens with zero attached hydrogens (tertiary/aromatic N) is 2. The second-order valence-corrected chi connectivity index (χ2v) is 6.92. The van der Waals surface area contributed by atoms with E-state index in [-0.39, 0.29) is 24.0 Å². The highest BCUT2D eigenvalue weighted by Gasteiger charge is 2.32. The summed E-state index contributed by atoms with van der Waals surface area (Å²) in [4.78, 5) is 53.0. The number of rotatable bonds is 3. The third-order valence-corrected chi connectivity index (χ3v) is 5.08. The second kappa shape index (κ2) is 7.78. The lowest BCUT2D eigenvalue weighted by Gasteiger charge is -2.34. The summed E-state index contributed by atoms with van der Waals surface area (Å²) in [5.41, 5.74) is 0.788. The number of hydrogen-bond acceptors (Lipinski definition) is 5. The molecule has 0 aliphatic carbocycles. The summed E-state index contributed by atoms with van der Waals surface area (Å²) >= 11 is 0. The van der Waals surface area contributed by atoms with Gasteiger partial charge in [-0.15, -0.1) is 0 Å². The van der Waals surface area contributed by atoms with Crippen LogP contribution in [0.25, 0.3) is 0 Å². The van der Waals surface area contributed by atoms with Crippen molar-refractivity contribution >= 4 is 29.3 Å². The molecule has 2 aromatic rings. The molecule has 9 heteroatoms. The number of furan rings is 1. The minimum absolute atomic E-state index is 0.141. The van der Waals surface area contributed by atoms with Gasteiger partial charge in [0.1, 0.15) is 6.04 Å². The lowest BCUT2D eigenvalue weighted by atomic mass is 10.1. The summed E-state index contributed by atoms with van der Waals surface area (Å²) in [6.45, 7) is 1.46. The average molecular weight is 396 g/mol. The summed E-state index contributed by atoms with van der Waals surface area (Å²) in [7, 11) is 0. The number of carbonyl (C=O) groups is 4. The molecular weight excluding hydrogens is 376 g/mol. The maximum atomic E-state index is 12.7. The number of para-hydroxylation sites is 1. The maximum absolute atomic E-state index is 12.7. The smallest absolute Gasteiger partial charge is 0.289 e. The molecule has 2 aliphatic rings. The Hall–Kier alpha value is -3.62. The lowest BCUT2D eigenvalue weighted by molar-refractivity contribution is -0.135. The number of benzene rings is 1. The monoisotopic (exact) mass is 396 g/mol. The number of piperazine rings is 1. The van der Waals surface area contributed by atoms with Gasteiger partial charge in [-0.25, -0.2) is 0 Å². The lowest BCUT2D eigenvalue weighted by Crippen LogP contribution is -2.52. The summed E-state index contributed by atoms with van der Waals surface area (Å²) in [6, 6.07) is 8.99. The van der Waals surface area contributed by atoms with Gasteiger partial charge in [0.2, 0.25) is 11.8 Å². The van der Waals surface area contributed by atoms with Crippen molar-refractivity contribution in [2.45, 2.75) is 12.5 Å². The molecule has 1 aromatic carbocycles. The molecule has 3 heterocycles. The Morgan fingerprint density at radius 1 is 1.00 bits per heavy atom. The van der Waals surface area contributed by atoms with Crippen LogP contribution in [0, 0.1) is 0 Å². The van der Waals surface area contributed by atoms with Gasteiger partial charge in [-0.2, -0.15) is 0 Å². The molecule has 2 N–H and O–H groups in total. The fraction of sp³-hybridized carbons (Fsp3) is 0.300. The molecule has 0 saturated carbocycles. The number of carbonyl (C=O) groups excluding carboxylic acids is 4. The summed E-state index contributed by atoms with van der Waals surface area (Å²) in [6.07, 6.45) is 1.30. The van der Waals surface area contributed by atoms with Gasteiger partial charge >= 0.3 is 0 Å². The van der Waals surface area contributed by atoms with Crippen LogP contribution in [-0.2, 0) is 9.59 Å². The van der Waals surface area contributed by atoms with Gasteiger partial charge in [-0.05, 0) is 24.3 Å². The fourth-order valence-electron chi connectivity index (χ4n) is 3.47. The van der Waals surface area contributed by atoms with Crippen molar-refractivity contribution in [3.63, 3.8) is 0 Å². The summed E-state index contributed by atoms with van der Waals surface area (Å²) < 4.78 is 5.13. The third-order valence-electron chi connectivity index (χ3n) is 5.08. The maximum Gasteiger partial charge on any atom is 0.289 e. The highest BCUT2D eigenvalue weighted by Crippen LogP contribution is 2.19. The van der Waals surface area contributed by atoms with Crippen LogP contribution in [0.1, 0.15) is 27.3 Å². The molecular formula is C20H20N4O5. The largest absolute Gasteiger partial charge is 0.459 e. The Labute approximate surface area is 166 Å². The Bertz CT molecular complexity index is 948. The molecule has 2 aliphatic heterocycles. The first-order valence-electron chi connectivity index (χ1n) is 9.34. The van der Waals surface area contributed by atoms with Crippen molar-refractivity contribution in [2.75, 3.05) is 31.5 Å². The molecule has 1 atom stereocenters. The zero-order chi connectivity index (χ0) is 20.4. The van der Waals surface area contributed by atoms with Gasteiger partial charge in [-0.3, -0.25) is 19.2 Å². The molecule has 29 heavy (non-hydrogen) atoms. The molecule has 4 rings (SSSR count). The van der Waals surface area contributed by atoms with Crippen molar-refractivity contribution in [2.24, 2.45) is 0 Å². The number of amides is 4. The van der Waals surface area contributed by atoms with E-state index in [9.17, 15) is 19.2 Å². The molecule has 1 fully saturated rings. The first kappa shape index (κ1) is 18.7. The van der Waals surface area contributed by atoms with E-state index in [1.807, 2.05) is 0 Å². The van der Waals surface area contributed by atoms with E-state index in [4.69, 9.17) is 4.42 Å². The molecule has 0 spiro atoms. The predicted molar refractivity (Wildman–Crippen MR) is 102 cm³/mol. The minimum Gasteiger partial charge on any atom is -0.459 e. The molecule has 0 bridgehead atoms. The van der Waals surface area contributed by atoms with Crippen molar-refractivity contribution in [1.29, 1.82) is 0 Å². The number of nitrogens with one attached hydrogen (secondary N) is 2. The van der Waals surface area contributed by atoms with Gasteiger partial charge in [-0.1, -0.05) is 12.1 Å². The van der Waals surface area contributed by atoms with Gasteiger partial charge < -0.3 is 24.9 Å². The number of anilines is 1. The highest BCUT2D eigenvalue weighted by molar-refractivity contribution is 6.10.